The summed E-state index contributed by atoms with van der Waals surface area (Å²) in [5.74, 6) is 6.61. The van der Waals surface area contributed by atoms with Crippen LogP contribution in [-0.4, -0.2) is 0 Å². The van der Waals surface area contributed by atoms with Crippen LogP contribution in [0.25, 0.3) is 0 Å². The summed E-state index contributed by atoms with van der Waals surface area (Å²) < 4.78 is 0. The first-order valence-corrected chi connectivity index (χ1v) is 10.7. The molecule has 5 unspecified atom stereocenters. The monoisotopic (exact) mass is 302 g/mol. The SMILES string of the molecule is CC(C1C2CCCCC2C2CCCCC21)C1(C)CCCCC1. The van der Waals surface area contributed by atoms with Crippen LogP contribution in [0.1, 0.15) is 97.3 Å². The van der Waals surface area contributed by atoms with Crippen LogP contribution in [0.4, 0.5) is 0 Å². The van der Waals surface area contributed by atoms with Crippen molar-refractivity contribution < 1.29 is 0 Å². The van der Waals surface area contributed by atoms with Crippen LogP contribution >= 0.6 is 0 Å². The molecule has 0 aliphatic heterocycles. The maximum atomic E-state index is 2.69. The van der Waals surface area contributed by atoms with E-state index in [0.29, 0.717) is 5.41 Å². The molecule has 0 nitrogen and oxygen atoms in total. The van der Waals surface area contributed by atoms with Gasteiger partial charge in [-0.2, -0.15) is 0 Å². The van der Waals surface area contributed by atoms with Crippen molar-refractivity contribution in [2.24, 2.45) is 40.9 Å². The van der Waals surface area contributed by atoms with Crippen LogP contribution < -0.4 is 0 Å². The zero-order chi connectivity index (χ0) is 15.2. The Labute approximate surface area is 138 Å². The van der Waals surface area contributed by atoms with Gasteiger partial charge in [-0.1, -0.05) is 58.8 Å². The van der Waals surface area contributed by atoms with Gasteiger partial charge in [0.1, 0.15) is 0 Å². The van der Waals surface area contributed by atoms with Gasteiger partial charge in [-0.25, -0.2) is 0 Å². The van der Waals surface area contributed by atoms with Crippen molar-refractivity contribution in [3.8, 4) is 0 Å². The van der Waals surface area contributed by atoms with Crippen LogP contribution in [0.2, 0.25) is 0 Å². The van der Waals surface area contributed by atoms with E-state index in [4.69, 9.17) is 0 Å². The molecule has 0 aromatic heterocycles. The van der Waals surface area contributed by atoms with E-state index in [1.54, 1.807) is 51.4 Å². The van der Waals surface area contributed by atoms with Gasteiger partial charge in [0.15, 0.2) is 0 Å². The summed E-state index contributed by atoms with van der Waals surface area (Å²) in [6.45, 7) is 5.36. The Kier molecular flexibility index (Phi) is 4.33. The Balaban J connectivity index is 1.60. The average molecular weight is 303 g/mol. The van der Waals surface area contributed by atoms with Crippen LogP contribution in [0.15, 0.2) is 0 Å². The van der Waals surface area contributed by atoms with Gasteiger partial charge < -0.3 is 0 Å². The first-order chi connectivity index (χ1) is 10.7. The van der Waals surface area contributed by atoms with E-state index in [-0.39, 0.29) is 0 Å². The van der Waals surface area contributed by atoms with Gasteiger partial charge in [0.2, 0.25) is 0 Å². The van der Waals surface area contributed by atoms with Gasteiger partial charge in [-0.15, -0.1) is 0 Å². The summed E-state index contributed by atoms with van der Waals surface area (Å²) in [5, 5.41) is 0. The lowest BCUT2D eigenvalue weighted by Gasteiger charge is -2.46. The third kappa shape index (κ3) is 2.48. The third-order valence-electron chi connectivity index (χ3n) is 8.96. The molecule has 0 heteroatoms. The molecule has 4 aliphatic rings. The Morgan fingerprint density at radius 2 is 1.09 bits per heavy atom. The van der Waals surface area contributed by atoms with Crippen LogP contribution in [0, 0.1) is 40.9 Å². The number of hydrogen-bond donors (Lipinski definition) is 0. The Morgan fingerprint density at radius 3 is 1.59 bits per heavy atom. The van der Waals surface area contributed by atoms with Crippen molar-refractivity contribution in [2.75, 3.05) is 0 Å². The number of fused-ring (bicyclic) bond motifs is 3. The van der Waals surface area contributed by atoms with Gasteiger partial charge in [0.05, 0.1) is 0 Å². The molecule has 0 spiro atoms. The van der Waals surface area contributed by atoms with E-state index < -0.39 is 0 Å². The van der Waals surface area contributed by atoms with Crippen molar-refractivity contribution in [3.05, 3.63) is 0 Å². The molecule has 4 fully saturated rings. The predicted molar refractivity (Wildman–Crippen MR) is 94.7 cm³/mol. The minimum atomic E-state index is 0.678. The largest absolute Gasteiger partial charge is 0.0617 e. The summed E-state index contributed by atoms with van der Waals surface area (Å²) in [4.78, 5) is 0. The van der Waals surface area contributed by atoms with Crippen LogP contribution in [0.5, 0.6) is 0 Å². The van der Waals surface area contributed by atoms with E-state index in [0.717, 1.165) is 35.5 Å². The molecule has 5 atom stereocenters. The fourth-order valence-electron chi connectivity index (χ4n) is 7.73. The standard InChI is InChI=1S/C22H38/c1-16(22(2)14-8-3-9-15-22)21-19-12-6-4-10-17(19)18-11-5-7-13-20(18)21/h16-21H,3-15H2,1-2H3. The lowest BCUT2D eigenvalue weighted by Crippen LogP contribution is -2.38. The van der Waals surface area contributed by atoms with E-state index in [1.807, 2.05) is 0 Å². The second-order valence-corrected chi connectivity index (χ2v) is 9.81. The summed E-state index contributed by atoms with van der Waals surface area (Å²) in [7, 11) is 0. The Morgan fingerprint density at radius 1 is 0.636 bits per heavy atom. The summed E-state index contributed by atoms with van der Waals surface area (Å²) >= 11 is 0. The third-order valence-corrected chi connectivity index (χ3v) is 8.96. The zero-order valence-corrected chi connectivity index (χ0v) is 15.2. The summed E-state index contributed by atoms with van der Waals surface area (Å²) in [5.41, 5.74) is 0.678. The zero-order valence-electron chi connectivity index (χ0n) is 15.2. The summed E-state index contributed by atoms with van der Waals surface area (Å²) in [6, 6.07) is 0. The molecule has 0 radical (unpaired) electrons. The van der Waals surface area contributed by atoms with Crippen LogP contribution in [-0.2, 0) is 0 Å². The van der Waals surface area contributed by atoms with Gasteiger partial charge in [0, 0.05) is 0 Å². The lowest BCUT2D eigenvalue weighted by molar-refractivity contribution is 0.0315. The molecular formula is C22H38. The van der Waals surface area contributed by atoms with E-state index >= 15 is 0 Å². The smallest absolute Gasteiger partial charge is 0.0297 e. The molecule has 4 rings (SSSR count). The molecule has 0 bridgehead atoms. The lowest BCUT2D eigenvalue weighted by atomic mass is 9.59. The Hall–Kier alpha value is 0. The number of rotatable bonds is 2. The fraction of sp³-hybridized carbons (Fsp3) is 1.00. The average Bonchev–Trinajstić information content (AvgIpc) is 2.89. The van der Waals surface area contributed by atoms with Crippen molar-refractivity contribution in [1.82, 2.24) is 0 Å². The molecule has 0 aromatic carbocycles. The molecule has 0 N–H and O–H groups in total. The summed E-state index contributed by atoms with van der Waals surface area (Å²) in [6.07, 6.45) is 20.1. The quantitative estimate of drug-likeness (QED) is 0.524. The van der Waals surface area contributed by atoms with Crippen LogP contribution in [0.3, 0.4) is 0 Å². The highest BCUT2D eigenvalue weighted by atomic mass is 14.6. The van der Waals surface area contributed by atoms with Crippen molar-refractivity contribution in [1.29, 1.82) is 0 Å². The molecule has 0 heterocycles. The highest BCUT2D eigenvalue weighted by Gasteiger charge is 2.54. The second kappa shape index (κ2) is 6.14. The Bertz CT molecular complexity index is 355. The number of hydrogen-bond acceptors (Lipinski definition) is 0. The normalized spacial score (nSPS) is 45.8. The molecule has 126 valence electrons. The first kappa shape index (κ1) is 15.5. The minimum absolute atomic E-state index is 0.678. The van der Waals surface area contributed by atoms with Gasteiger partial charge in [-0.05, 0) is 79.4 Å². The van der Waals surface area contributed by atoms with Crippen molar-refractivity contribution >= 4 is 0 Å². The maximum Gasteiger partial charge on any atom is -0.0297 e. The minimum Gasteiger partial charge on any atom is -0.0617 e. The molecule has 0 aromatic rings. The van der Waals surface area contributed by atoms with Crippen molar-refractivity contribution in [2.45, 2.75) is 97.3 Å². The molecule has 4 saturated carbocycles. The van der Waals surface area contributed by atoms with E-state index in [9.17, 15) is 0 Å². The molecule has 0 saturated heterocycles. The van der Waals surface area contributed by atoms with E-state index in [1.165, 1.54) is 32.1 Å². The highest BCUT2D eigenvalue weighted by molar-refractivity contribution is 5.03. The molecule has 4 aliphatic carbocycles. The van der Waals surface area contributed by atoms with E-state index in [2.05, 4.69) is 13.8 Å². The fourth-order valence-corrected chi connectivity index (χ4v) is 7.73. The molecule has 0 amide bonds. The highest BCUT2D eigenvalue weighted by Crippen LogP contribution is 2.62. The second-order valence-electron chi connectivity index (χ2n) is 9.81. The first-order valence-electron chi connectivity index (χ1n) is 10.7. The van der Waals surface area contributed by atoms with Gasteiger partial charge >= 0.3 is 0 Å². The molecule has 22 heavy (non-hydrogen) atoms. The van der Waals surface area contributed by atoms with Gasteiger partial charge in [0.25, 0.3) is 0 Å². The topological polar surface area (TPSA) is 0 Å². The molecular weight excluding hydrogens is 264 g/mol. The van der Waals surface area contributed by atoms with Crippen molar-refractivity contribution in [3.63, 3.8) is 0 Å². The van der Waals surface area contributed by atoms with Gasteiger partial charge in [-0.3, -0.25) is 0 Å². The maximum absolute atomic E-state index is 2.69. The predicted octanol–water partition coefficient (Wildman–Crippen LogP) is 6.84.